The Balaban J connectivity index is 1.54. The van der Waals surface area contributed by atoms with E-state index in [1.807, 2.05) is 56.4 Å². The van der Waals surface area contributed by atoms with Crippen LogP contribution in [0.5, 0.6) is 5.75 Å². The molecule has 3 aromatic carbocycles. The molecule has 0 saturated carbocycles. The molecule has 1 atom stereocenters. The van der Waals surface area contributed by atoms with Crippen molar-refractivity contribution in [2.75, 3.05) is 18.6 Å². The fourth-order valence-corrected chi connectivity index (χ4v) is 4.83. The first-order valence-corrected chi connectivity index (χ1v) is 12.2. The van der Waals surface area contributed by atoms with E-state index in [2.05, 4.69) is 4.57 Å². The van der Waals surface area contributed by atoms with Crippen molar-refractivity contribution in [1.29, 1.82) is 0 Å². The smallest absolute Gasteiger partial charge is 0.254 e. The van der Waals surface area contributed by atoms with Gasteiger partial charge in [-0.1, -0.05) is 24.3 Å². The Morgan fingerprint density at radius 1 is 0.919 bits per heavy atom. The van der Waals surface area contributed by atoms with Crippen molar-refractivity contribution < 1.29 is 18.7 Å². The van der Waals surface area contributed by atoms with Crippen molar-refractivity contribution in [3.05, 3.63) is 114 Å². The van der Waals surface area contributed by atoms with Crippen LogP contribution < -0.4 is 9.64 Å². The number of amides is 2. The molecule has 2 heterocycles. The first kappa shape index (κ1) is 24.3. The summed E-state index contributed by atoms with van der Waals surface area (Å²) >= 11 is 0. The molecule has 0 radical (unpaired) electrons. The lowest BCUT2D eigenvalue weighted by Crippen LogP contribution is -2.48. The maximum Gasteiger partial charge on any atom is 0.254 e. The van der Waals surface area contributed by atoms with E-state index in [0.717, 1.165) is 22.6 Å². The van der Waals surface area contributed by atoms with Gasteiger partial charge in [0.25, 0.3) is 5.91 Å². The van der Waals surface area contributed by atoms with Gasteiger partial charge in [-0.05, 0) is 80.1 Å². The molecule has 1 aromatic heterocycles. The van der Waals surface area contributed by atoms with Crippen LogP contribution in [-0.4, -0.2) is 41.0 Å². The highest BCUT2D eigenvalue weighted by Gasteiger charge is 2.37. The van der Waals surface area contributed by atoms with Crippen LogP contribution in [-0.2, 0) is 4.79 Å². The largest absolute Gasteiger partial charge is 0.497 e. The van der Waals surface area contributed by atoms with Gasteiger partial charge in [-0.25, -0.2) is 4.39 Å². The number of rotatable bonds is 6. The summed E-state index contributed by atoms with van der Waals surface area (Å²) in [6.07, 6.45) is 1.96. The average Bonchev–Trinajstić information content (AvgIpc) is 3.41. The third-order valence-corrected chi connectivity index (χ3v) is 6.70. The van der Waals surface area contributed by atoms with Gasteiger partial charge in [-0.3, -0.25) is 14.5 Å². The van der Waals surface area contributed by atoms with E-state index in [-0.39, 0.29) is 30.2 Å². The van der Waals surface area contributed by atoms with E-state index in [0.29, 0.717) is 11.3 Å². The molecule has 4 aromatic rings. The van der Waals surface area contributed by atoms with Crippen LogP contribution in [0.4, 0.5) is 10.1 Å². The van der Waals surface area contributed by atoms with Crippen molar-refractivity contribution in [2.45, 2.75) is 25.9 Å². The summed E-state index contributed by atoms with van der Waals surface area (Å²) in [6, 6.07) is 23.9. The monoisotopic (exact) mass is 497 g/mol. The number of hydrogen-bond donors (Lipinski definition) is 0. The number of anilines is 1. The zero-order chi connectivity index (χ0) is 26.1. The summed E-state index contributed by atoms with van der Waals surface area (Å²) < 4.78 is 21.1. The molecule has 0 aliphatic carbocycles. The van der Waals surface area contributed by atoms with Crippen molar-refractivity contribution in [1.82, 2.24) is 9.47 Å². The van der Waals surface area contributed by atoms with Crippen LogP contribution in [0.3, 0.4) is 0 Å². The second-order valence-corrected chi connectivity index (χ2v) is 9.26. The maximum absolute atomic E-state index is 14.1. The Kier molecular flexibility index (Phi) is 6.53. The summed E-state index contributed by atoms with van der Waals surface area (Å²) in [5.74, 6) is -0.161. The van der Waals surface area contributed by atoms with E-state index >= 15 is 0 Å². The highest BCUT2D eigenvalue weighted by molar-refractivity contribution is 6.02. The molecule has 5 rings (SSSR count). The molecule has 1 aliphatic heterocycles. The molecule has 1 unspecified atom stereocenters. The van der Waals surface area contributed by atoms with Gasteiger partial charge in [0.15, 0.2) is 0 Å². The number of nitrogens with zero attached hydrogens (tertiary/aromatic N) is 3. The van der Waals surface area contributed by atoms with E-state index in [1.54, 1.807) is 53.3 Å². The number of carbonyl (C=O) groups is 2. The normalized spacial score (nSPS) is 14.2. The van der Waals surface area contributed by atoms with Gasteiger partial charge >= 0.3 is 0 Å². The Morgan fingerprint density at radius 2 is 1.59 bits per heavy atom. The van der Waals surface area contributed by atoms with Gasteiger partial charge in [0.2, 0.25) is 5.91 Å². The number of aromatic nitrogens is 1. The van der Waals surface area contributed by atoms with Gasteiger partial charge in [0, 0.05) is 17.8 Å². The van der Waals surface area contributed by atoms with Gasteiger partial charge in [0.1, 0.15) is 24.2 Å². The third-order valence-electron chi connectivity index (χ3n) is 6.70. The van der Waals surface area contributed by atoms with E-state index in [4.69, 9.17) is 4.74 Å². The molecule has 7 heteroatoms. The van der Waals surface area contributed by atoms with Crippen molar-refractivity contribution in [2.24, 2.45) is 0 Å². The van der Waals surface area contributed by atoms with Crippen molar-refractivity contribution in [3.8, 4) is 11.4 Å². The van der Waals surface area contributed by atoms with E-state index < -0.39 is 6.04 Å². The summed E-state index contributed by atoms with van der Waals surface area (Å²) in [6.45, 7) is 3.66. The number of fused-ring (bicyclic) bond motifs is 3. The maximum atomic E-state index is 14.1. The Labute approximate surface area is 215 Å². The minimum atomic E-state index is -0.483. The first-order valence-electron chi connectivity index (χ1n) is 12.2. The quantitative estimate of drug-likeness (QED) is 0.348. The Hall–Kier alpha value is -4.39. The van der Waals surface area contributed by atoms with Gasteiger partial charge in [-0.15, -0.1) is 0 Å². The summed E-state index contributed by atoms with van der Waals surface area (Å²) in [4.78, 5) is 30.9. The van der Waals surface area contributed by atoms with E-state index in [1.165, 1.54) is 12.1 Å². The zero-order valence-corrected chi connectivity index (χ0v) is 21.0. The van der Waals surface area contributed by atoms with Crippen molar-refractivity contribution >= 4 is 17.5 Å². The first-order chi connectivity index (χ1) is 17.9. The number of ether oxygens (including phenoxy) is 1. The molecule has 0 fully saturated rings. The predicted octanol–water partition coefficient (Wildman–Crippen LogP) is 5.61. The summed E-state index contributed by atoms with van der Waals surface area (Å²) in [7, 11) is 1.57. The van der Waals surface area contributed by atoms with Crippen LogP contribution in [0.15, 0.2) is 91.1 Å². The standard InChI is InChI=1S/C30H28FN3O3/c1-20(2)33(30(36)22-12-16-24(37-3)17-13-22)19-28(35)34-26-8-5-4-7-25(26)32-18-6-9-27(32)29(34)21-10-14-23(31)15-11-21/h4-18,20,29H,19H2,1-3H3. The number of para-hydroxylation sites is 2. The van der Waals surface area contributed by atoms with Crippen LogP contribution in [0.2, 0.25) is 0 Å². The molecule has 188 valence electrons. The number of carbonyl (C=O) groups excluding carboxylic acids is 2. The number of halogens is 1. The molecule has 0 bridgehead atoms. The number of hydrogen-bond acceptors (Lipinski definition) is 3. The second kappa shape index (κ2) is 9.93. The highest BCUT2D eigenvalue weighted by Crippen LogP contribution is 2.42. The molecular weight excluding hydrogens is 469 g/mol. The van der Waals surface area contributed by atoms with Gasteiger partial charge in [0.05, 0.1) is 24.2 Å². The summed E-state index contributed by atoms with van der Waals surface area (Å²) in [5, 5.41) is 0. The van der Waals surface area contributed by atoms with Crippen LogP contribution in [0.25, 0.3) is 5.69 Å². The molecular formula is C30H28FN3O3. The fourth-order valence-electron chi connectivity index (χ4n) is 4.83. The second-order valence-electron chi connectivity index (χ2n) is 9.26. The highest BCUT2D eigenvalue weighted by atomic mass is 19.1. The van der Waals surface area contributed by atoms with E-state index in [9.17, 15) is 14.0 Å². The molecule has 0 spiro atoms. The van der Waals surface area contributed by atoms with Gasteiger partial charge < -0.3 is 14.2 Å². The molecule has 0 N–H and O–H groups in total. The zero-order valence-electron chi connectivity index (χ0n) is 21.0. The lowest BCUT2D eigenvalue weighted by molar-refractivity contribution is -0.120. The van der Waals surface area contributed by atoms with Gasteiger partial charge in [-0.2, -0.15) is 0 Å². The minimum Gasteiger partial charge on any atom is -0.497 e. The number of benzene rings is 3. The SMILES string of the molecule is COc1ccc(C(=O)N(CC(=O)N2c3ccccc3-n3cccc3C2c2ccc(F)cc2)C(C)C)cc1. The fraction of sp³-hybridized carbons (Fsp3) is 0.200. The lowest BCUT2D eigenvalue weighted by Gasteiger charge is -2.40. The number of methoxy groups -OCH3 is 1. The molecule has 0 saturated heterocycles. The average molecular weight is 498 g/mol. The summed E-state index contributed by atoms with van der Waals surface area (Å²) in [5.41, 5.74) is 3.74. The minimum absolute atomic E-state index is 0.116. The lowest BCUT2D eigenvalue weighted by atomic mass is 9.97. The van der Waals surface area contributed by atoms with Crippen LogP contribution in [0, 0.1) is 5.82 Å². The van der Waals surface area contributed by atoms with Crippen molar-refractivity contribution in [3.63, 3.8) is 0 Å². The molecule has 2 amide bonds. The third kappa shape index (κ3) is 4.48. The molecule has 1 aliphatic rings. The van der Waals surface area contributed by atoms with Crippen LogP contribution in [0.1, 0.15) is 41.5 Å². The topological polar surface area (TPSA) is 54.8 Å². The van der Waals surface area contributed by atoms with Crippen LogP contribution >= 0.6 is 0 Å². The molecule has 6 nitrogen and oxygen atoms in total. The Morgan fingerprint density at radius 3 is 2.24 bits per heavy atom. The molecule has 37 heavy (non-hydrogen) atoms. The predicted molar refractivity (Wildman–Crippen MR) is 141 cm³/mol. The Bertz CT molecular complexity index is 1430.